The van der Waals surface area contributed by atoms with Crippen LogP contribution in [0.25, 0.3) is 5.57 Å². The predicted molar refractivity (Wildman–Crippen MR) is 233 cm³/mol. The fourth-order valence-electron chi connectivity index (χ4n) is 9.14. The second-order valence-corrected chi connectivity index (χ2v) is 17.3. The molecule has 6 aliphatic carbocycles. The van der Waals surface area contributed by atoms with Crippen molar-refractivity contribution < 1.29 is 24.2 Å². The first-order valence-corrected chi connectivity index (χ1v) is 20.6. The van der Waals surface area contributed by atoms with Crippen LogP contribution in [0.5, 0.6) is 0 Å². The van der Waals surface area contributed by atoms with E-state index in [1.54, 1.807) is 28.2 Å². The zero-order valence-electron chi connectivity index (χ0n) is 34.4. The van der Waals surface area contributed by atoms with Gasteiger partial charge in [-0.05, 0) is 46.0 Å². The van der Waals surface area contributed by atoms with Gasteiger partial charge in [0.15, 0.2) is 0 Å². The Bertz CT molecular complexity index is 1690. The molecule has 2 atom stereocenters. The third-order valence-corrected chi connectivity index (χ3v) is 13.5. The molecule has 2 unspecified atom stereocenters. The average Bonchev–Trinajstić information content (AvgIpc) is 3.94. The second kappa shape index (κ2) is 19.1. The molecule has 8 rings (SSSR count). The van der Waals surface area contributed by atoms with Crippen LogP contribution in [0.3, 0.4) is 0 Å². The van der Waals surface area contributed by atoms with Crippen LogP contribution in [0.1, 0.15) is 119 Å². The maximum absolute atomic E-state index is 3.34. The molecule has 0 bridgehead atoms. The topological polar surface area (TPSA) is 0 Å². The zero-order valence-corrected chi connectivity index (χ0v) is 38.5. The Morgan fingerprint density at radius 1 is 0.792 bits per heavy atom. The fourth-order valence-corrected chi connectivity index (χ4v) is 9.14. The van der Waals surface area contributed by atoms with Crippen LogP contribution in [-0.4, -0.2) is 4.21 Å². The quantitative estimate of drug-likeness (QED) is 0.232. The molecule has 2 aromatic rings. The zero-order chi connectivity index (χ0) is 37.7. The van der Waals surface area contributed by atoms with Gasteiger partial charge >= 0.3 is 28.4 Å². The van der Waals surface area contributed by atoms with Crippen molar-refractivity contribution in [2.75, 3.05) is 0 Å². The van der Waals surface area contributed by atoms with E-state index >= 15 is 0 Å². The van der Waals surface area contributed by atoms with Crippen LogP contribution in [-0.2, 0) is 36.1 Å². The van der Waals surface area contributed by atoms with Crippen LogP contribution < -0.4 is 0 Å². The van der Waals surface area contributed by atoms with Gasteiger partial charge in [0.25, 0.3) is 0 Å². The van der Waals surface area contributed by atoms with Gasteiger partial charge in [-0.15, -0.1) is 44.6 Å². The maximum atomic E-state index is 3.34. The van der Waals surface area contributed by atoms with E-state index in [1.807, 2.05) is 36.4 Å². The van der Waals surface area contributed by atoms with Gasteiger partial charge in [0, 0.05) is 0 Å². The molecule has 3 heteroatoms. The molecule has 1 saturated carbocycles. The van der Waals surface area contributed by atoms with Crippen LogP contribution in [0.2, 0.25) is 0 Å². The normalized spacial score (nSPS) is 23.7. The first kappa shape index (κ1) is 47.0. The minimum absolute atomic E-state index is 0. The molecule has 286 valence electrons. The summed E-state index contributed by atoms with van der Waals surface area (Å²) >= 11 is 1.30. The van der Waals surface area contributed by atoms with E-state index in [-0.39, 0.29) is 51.9 Å². The van der Waals surface area contributed by atoms with Gasteiger partial charge in [-0.3, -0.25) is 12.2 Å². The molecule has 2 aromatic carbocycles. The summed E-state index contributed by atoms with van der Waals surface area (Å²) in [5.41, 5.74) is 11.9. The van der Waals surface area contributed by atoms with E-state index < -0.39 is 0 Å². The van der Waals surface area contributed by atoms with Crippen molar-refractivity contribution in [3.05, 3.63) is 155 Å². The van der Waals surface area contributed by atoms with E-state index in [2.05, 4.69) is 159 Å². The van der Waals surface area contributed by atoms with E-state index in [0.29, 0.717) is 5.92 Å². The average molecular weight is 827 g/mol. The summed E-state index contributed by atoms with van der Waals surface area (Å²) in [6.07, 6.45) is 28.5. The van der Waals surface area contributed by atoms with E-state index in [9.17, 15) is 0 Å². The Labute approximate surface area is 352 Å². The molecule has 0 aliphatic heterocycles. The van der Waals surface area contributed by atoms with Crippen LogP contribution in [0.4, 0.5) is 0 Å². The van der Waals surface area contributed by atoms with Gasteiger partial charge in [-0.2, -0.15) is 59.2 Å². The van der Waals surface area contributed by atoms with E-state index in [0.717, 1.165) is 19.3 Å². The SMILES string of the molecule is CC(C)(C)c1cc[c-]cc1.C[C-]1C2=C3Cc4ccccc4C3=C3C=CCCC3C2(C)C(C)(C)C(C)(C)C1(C)C.Cl.Cl.[C-]1=CC=CC1.[C-]1=CC=CC1.[CH2]=[Zr]. The molecule has 1 fully saturated rings. The first-order chi connectivity index (χ1) is 24.1. The van der Waals surface area contributed by atoms with Gasteiger partial charge in [-0.25, -0.2) is 30.2 Å². The van der Waals surface area contributed by atoms with Crippen molar-refractivity contribution in [3.63, 3.8) is 0 Å². The molecular weight excluding hydrogens is 763 g/mol. The van der Waals surface area contributed by atoms with E-state index in [4.69, 9.17) is 0 Å². The molecule has 0 amide bonds. The van der Waals surface area contributed by atoms with Crippen molar-refractivity contribution in [2.24, 2.45) is 27.6 Å². The number of fused-ring (bicyclic) bond motifs is 6. The molecule has 0 saturated heterocycles. The molecule has 0 aromatic heterocycles. The molecule has 0 N–H and O–H groups in total. The van der Waals surface area contributed by atoms with Gasteiger partial charge in [0.2, 0.25) is 0 Å². The first-order valence-electron chi connectivity index (χ1n) is 18.9. The summed E-state index contributed by atoms with van der Waals surface area (Å²) in [5, 5.41) is 0. The van der Waals surface area contributed by atoms with E-state index in [1.165, 1.54) is 53.8 Å². The minimum atomic E-state index is 0. The Morgan fingerprint density at radius 3 is 1.83 bits per heavy atom. The summed E-state index contributed by atoms with van der Waals surface area (Å²) in [6, 6.07) is 20.3. The number of rotatable bonds is 0. The van der Waals surface area contributed by atoms with Gasteiger partial charge < -0.3 is 0 Å². The number of hydrogen-bond acceptors (Lipinski definition) is 0. The Hall–Kier alpha value is -2.18. The Kier molecular flexibility index (Phi) is 16.9. The third-order valence-electron chi connectivity index (χ3n) is 13.5. The molecule has 0 heterocycles. The second-order valence-electron chi connectivity index (χ2n) is 17.3. The third kappa shape index (κ3) is 8.95. The summed E-state index contributed by atoms with van der Waals surface area (Å²) in [6.45, 7) is 26.9. The van der Waals surface area contributed by atoms with Crippen LogP contribution in [0, 0.1) is 51.7 Å². The molecular formula is C50H64Cl2Zr-4. The molecule has 0 nitrogen and oxygen atoms in total. The van der Waals surface area contributed by atoms with Crippen molar-refractivity contribution >= 4 is 34.6 Å². The summed E-state index contributed by atoms with van der Waals surface area (Å²) in [4.78, 5) is 0. The summed E-state index contributed by atoms with van der Waals surface area (Å²) in [7, 11) is 0. The van der Waals surface area contributed by atoms with Crippen molar-refractivity contribution in [2.45, 2.75) is 114 Å². The van der Waals surface area contributed by atoms with Crippen molar-refractivity contribution in [3.8, 4) is 0 Å². The molecule has 0 radical (unpaired) electrons. The summed E-state index contributed by atoms with van der Waals surface area (Å²) < 4.78 is 3.34. The molecule has 6 aliphatic rings. The molecule has 0 spiro atoms. The Balaban J connectivity index is 0.000000330. The predicted octanol–water partition coefficient (Wildman–Crippen LogP) is 14.2. The Morgan fingerprint density at radius 2 is 1.36 bits per heavy atom. The van der Waals surface area contributed by atoms with Gasteiger partial charge in [-0.1, -0.05) is 134 Å². The number of hydrogen-bond donors (Lipinski definition) is 0. The van der Waals surface area contributed by atoms with Crippen LogP contribution >= 0.6 is 24.8 Å². The number of halogens is 2. The number of allylic oxidation sites excluding steroid dienone is 14. The van der Waals surface area contributed by atoms with Crippen molar-refractivity contribution in [1.29, 1.82) is 0 Å². The van der Waals surface area contributed by atoms with Crippen LogP contribution in [0.15, 0.2) is 114 Å². The van der Waals surface area contributed by atoms with Crippen molar-refractivity contribution in [1.82, 2.24) is 0 Å². The molecule has 53 heavy (non-hydrogen) atoms. The monoisotopic (exact) mass is 824 g/mol. The van der Waals surface area contributed by atoms with Gasteiger partial charge in [0.05, 0.1) is 0 Å². The number of benzene rings is 2. The fraction of sp³-hybridized carbons (Fsp3) is 0.440. The standard InChI is InChI=1S/C29H37.C10H13.2C5H5.CH2.2ClH.Zr/c1-18-25-22-17-19-13-9-10-14-20(19)24(22)21-15-11-12-16-23(21)29(25,8)28(6,7)27(4,5)26(18,2)3;1-10(2,3)9-7-5-4-6-8-9;2*1-2-4-5-3-1;;;;/h9-11,13-15,23H,12,16-17H2,1-8H3;5-8H,1-3H3;2*1-3H,4H2;1H2;2*1H;/q4*-1;;;;. The van der Waals surface area contributed by atoms with Gasteiger partial charge in [0.1, 0.15) is 0 Å². The summed E-state index contributed by atoms with van der Waals surface area (Å²) in [5.74, 6) is 2.24.